The van der Waals surface area contributed by atoms with Gasteiger partial charge in [0.25, 0.3) is 0 Å². The van der Waals surface area contributed by atoms with Gasteiger partial charge in [-0.2, -0.15) is 13.7 Å². The number of carbonyl (C=O) groups is 1. The monoisotopic (exact) mass is 626 g/mol. The van der Waals surface area contributed by atoms with E-state index >= 15 is 0 Å². The van der Waals surface area contributed by atoms with E-state index in [9.17, 15) is 18.3 Å². The number of hydrogen-bond donors (Lipinski definition) is 3. The van der Waals surface area contributed by atoms with Crippen molar-refractivity contribution in [1.82, 2.24) is 10.6 Å². The van der Waals surface area contributed by atoms with Crippen molar-refractivity contribution in [2.75, 3.05) is 38.8 Å². The molecular weight excluding hydrogens is 584 g/mol. The lowest BCUT2D eigenvalue weighted by Crippen LogP contribution is -2.61. The molecule has 1 amide bonds. The predicted molar refractivity (Wildman–Crippen MR) is 166 cm³/mol. The van der Waals surface area contributed by atoms with E-state index in [4.69, 9.17) is 19.5 Å². The van der Waals surface area contributed by atoms with E-state index in [0.717, 1.165) is 11.3 Å². The minimum absolute atomic E-state index is 0.0392. The Morgan fingerprint density at radius 2 is 1.93 bits per heavy atom. The second-order valence-electron chi connectivity index (χ2n) is 12.3. The molecule has 2 saturated heterocycles. The van der Waals surface area contributed by atoms with E-state index < -0.39 is 45.8 Å². The van der Waals surface area contributed by atoms with Gasteiger partial charge in [0.05, 0.1) is 25.2 Å². The molecule has 12 heteroatoms. The highest BCUT2D eigenvalue weighted by Gasteiger charge is 2.48. The summed E-state index contributed by atoms with van der Waals surface area (Å²) in [5.74, 6) is -0.111. The molecule has 11 nitrogen and oxygen atoms in total. The van der Waals surface area contributed by atoms with E-state index in [1.54, 1.807) is 12.1 Å². The lowest BCUT2D eigenvalue weighted by Gasteiger charge is -2.40. The number of anilines is 1. The van der Waals surface area contributed by atoms with E-state index in [0.29, 0.717) is 31.4 Å². The quantitative estimate of drug-likeness (QED) is 0.300. The molecule has 3 unspecified atom stereocenters. The van der Waals surface area contributed by atoms with Gasteiger partial charge in [-0.3, -0.25) is 5.32 Å². The first-order valence-electron chi connectivity index (χ1n) is 14.7. The summed E-state index contributed by atoms with van der Waals surface area (Å²) >= 11 is 0. The molecule has 2 aromatic rings. The van der Waals surface area contributed by atoms with Gasteiger partial charge < -0.3 is 29.5 Å². The number of amides is 1. The largest absolute Gasteiger partial charge is 0.443 e. The molecule has 238 valence electrons. The molecular formula is C32H42N4O7S. The zero-order valence-corrected chi connectivity index (χ0v) is 26.5. The Morgan fingerprint density at radius 1 is 1.18 bits per heavy atom. The summed E-state index contributed by atoms with van der Waals surface area (Å²) in [7, 11) is 0.846. The van der Waals surface area contributed by atoms with Crippen molar-refractivity contribution in [3.63, 3.8) is 0 Å². The molecule has 0 saturated carbocycles. The fourth-order valence-corrected chi connectivity index (χ4v) is 6.27. The van der Waals surface area contributed by atoms with E-state index in [1.807, 2.05) is 75.3 Å². The highest BCUT2D eigenvalue weighted by Crippen LogP contribution is 2.36. The predicted octanol–water partition coefficient (Wildman–Crippen LogP) is 2.97. The van der Waals surface area contributed by atoms with Crippen LogP contribution in [0.5, 0.6) is 0 Å². The lowest BCUT2D eigenvalue weighted by molar-refractivity contribution is -0.0907. The molecule has 0 bridgehead atoms. The first-order chi connectivity index (χ1) is 21.0. The van der Waals surface area contributed by atoms with Crippen LogP contribution in [0.4, 0.5) is 10.5 Å². The van der Waals surface area contributed by atoms with Crippen molar-refractivity contribution in [3.8, 4) is 6.07 Å². The van der Waals surface area contributed by atoms with Crippen molar-refractivity contribution < 1.29 is 32.5 Å². The molecule has 2 aromatic carbocycles. The number of ether oxygens (including phenoxy) is 3. The number of nitrogens with zero attached hydrogens (tertiary/aromatic N) is 2. The van der Waals surface area contributed by atoms with Gasteiger partial charge in [0, 0.05) is 39.2 Å². The summed E-state index contributed by atoms with van der Waals surface area (Å²) in [5, 5.41) is 27.1. The van der Waals surface area contributed by atoms with Crippen LogP contribution in [0.25, 0.3) is 0 Å². The average molecular weight is 627 g/mol. The lowest BCUT2D eigenvalue weighted by atomic mass is 9.78. The SMILES string of the molecule is CN(C)c1cccc([C@](Cc2ccccc2)(NC(=O)OC2COC3OCCC23)[C@@H](O)C(NCC(C)(C)CCC#N)=S(=O)=O)c1. The maximum absolute atomic E-state index is 13.8. The first kappa shape index (κ1) is 33.4. The van der Waals surface area contributed by atoms with Crippen LogP contribution in [0.3, 0.4) is 0 Å². The van der Waals surface area contributed by atoms with Gasteiger partial charge in [-0.1, -0.05) is 56.3 Å². The van der Waals surface area contributed by atoms with Crippen LogP contribution in [-0.4, -0.2) is 77.0 Å². The number of benzene rings is 2. The third-order valence-electron chi connectivity index (χ3n) is 8.32. The van der Waals surface area contributed by atoms with Crippen molar-refractivity contribution in [2.24, 2.45) is 11.3 Å². The Labute approximate surface area is 260 Å². The van der Waals surface area contributed by atoms with E-state index in [1.165, 1.54) is 0 Å². The fourth-order valence-electron chi connectivity index (χ4n) is 5.70. The highest BCUT2D eigenvalue weighted by molar-refractivity contribution is 7.73. The Kier molecular flexibility index (Phi) is 11.0. The zero-order chi connectivity index (χ0) is 31.9. The smallest absolute Gasteiger partial charge is 0.408 e. The molecule has 4 rings (SSSR count). The van der Waals surface area contributed by atoms with Crippen molar-refractivity contribution in [3.05, 3.63) is 65.7 Å². The Hall–Kier alpha value is -3.47. The third kappa shape index (κ3) is 7.97. The summed E-state index contributed by atoms with van der Waals surface area (Å²) in [6.45, 7) is 4.67. The molecule has 0 aliphatic carbocycles. The average Bonchev–Trinajstić information content (AvgIpc) is 3.61. The Bertz CT molecular complexity index is 1470. The summed E-state index contributed by atoms with van der Waals surface area (Å²) in [4.78, 5) is 15.3. The Balaban J connectivity index is 1.79. The molecule has 2 heterocycles. The molecule has 0 spiro atoms. The number of nitrogens with one attached hydrogen (secondary N) is 2. The maximum Gasteiger partial charge on any atom is 0.408 e. The summed E-state index contributed by atoms with van der Waals surface area (Å²) < 4.78 is 42.6. The van der Waals surface area contributed by atoms with Crippen molar-refractivity contribution >= 4 is 27.1 Å². The number of alkyl carbamates (subject to hydrolysis) is 1. The molecule has 5 atom stereocenters. The van der Waals surface area contributed by atoms with Gasteiger partial charge in [0.1, 0.15) is 22.7 Å². The van der Waals surface area contributed by atoms with Crippen LogP contribution in [0, 0.1) is 22.7 Å². The number of nitriles is 1. The topological polar surface area (TPSA) is 150 Å². The number of carbonyl (C=O) groups excluding carboxylic acids is 1. The summed E-state index contributed by atoms with van der Waals surface area (Å²) in [5.41, 5.74) is -0.125. The normalized spacial score (nSPS) is 21.4. The Morgan fingerprint density at radius 3 is 2.61 bits per heavy atom. The number of fused-ring (bicyclic) bond motifs is 1. The molecule has 0 aromatic heterocycles. The fraction of sp³-hybridized carbons (Fsp3) is 0.531. The van der Waals surface area contributed by atoms with Gasteiger partial charge in [0.2, 0.25) is 10.3 Å². The standard InChI is InChI=1S/C32H42N4O7S/c1-31(2,15-9-16-33)21-34-28(44(39)40)27(37)32(19-22-10-6-5-7-11-22,23-12-8-13-24(18-23)36(3)4)35-30(38)43-26-20-42-29-25(26)14-17-41-29/h5-8,10-13,18,25-27,29,34,37H,9,14-15,17,19-21H2,1-4H3,(H,35,38)/t25?,26?,27-,29?,32-/m0/s1. The molecule has 0 radical (unpaired) electrons. The van der Waals surface area contributed by atoms with Crippen LogP contribution in [0.2, 0.25) is 0 Å². The van der Waals surface area contributed by atoms with Crippen LogP contribution < -0.4 is 15.5 Å². The van der Waals surface area contributed by atoms with E-state index in [2.05, 4.69) is 16.7 Å². The number of aliphatic hydroxyl groups excluding tert-OH is 1. The highest BCUT2D eigenvalue weighted by atomic mass is 32.2. The van der Waals surface area contributed by atoms with E-state index in [-0.39, 0.29) is 30.5 Å². The second-order valence-corrected chi connectivity index (χ2v) is 13.3. The van der Waals surface area contributed by atoms with Crippen LogP contribution in [0.1, 0.15) is 44.2 Å². The van der Waals surface area contributed by atoms with Gasteiger partial charge >= 0.3 is 6.09 Å². The number of rotatable bonds is 12. The molecule has 2 aliphatic rings. The maximum atomic E-state index is 13.8. The molecule has 2 aliphatic heterocycles. The van der Waals surface area contributed by atoms with Crippen LogP contribution in [-0.2, 0) is 36.5 Å². The number of hydrogen-bond acceptors (Lipinski definition) is 9. The third-order valence-corrected chi connectivity index (χ3v) is 9.05. The zero-order valence-electron chi connectivity index (χ0n) is 25.7. The first-order valence-corrected chi connectivity index (χ1v) is 15.8. The van der Waals surface area contributed by atoms with Gasteiger partial charge in [-0.15, -0.1) is 0 Å². The minimum atomic E-state index is -2.89. The summed E-state index contributed by atoms with van der Waals surface area (Å²) in [6, 6.07) is 18.6. The summed E-state index contributed by atoms with van der Waals surface area (Å²) in [6.07, 6.45) is -2.01. The minimum Gasteiger partial charge on any atom is -0.443 e. The van der Waals surface area contributed by atoms with Crippen molar-refractivity contribution in [1.29, 1.82) is 5.26 Å². The molecule has 44 heavy (non-hydrogen) atoms. The van der Waals surface area contributed by atoms with Crippen LogP contribution in [0.15, 0.2) is 54.6 Å². The second kappa shape index (κ2) is 14.5. The number of aliphatic hydroxyl groups is 1. The van der Waals surface area contributed by atoms with Gasteiger partial charge in [-0.25, -0.2) is 4.79 Å². The van der Waals surface area contributed by atoms with Gasteiger partial charge in [-0.05, 0) is 41.5 Å². The van der Waals surface area contributed by atoms with Gasteiger partial charge in [0.15, 0.2) is 6.29 Å². The molecule has 3 N–H and O–H groups in total. The van der Waals surface area contributed by atoms with Crippen LogP contribution >= 0.6 is 0 Å². The molecule has 2 fully saturated rings. The van der Waals surface area contributed by atoms with Crippen molar-refractivity contribution in [2.45, 2.75) is 63.6 Å².